The Balaban J connectivity index is 1.50. The van der Waals surface area contributed by atoms with Crippen molar-refractivity contribution in [3.63, 3.8) is 0 Å². The molecule has 2 aliphatic heterocycles. The van der Waals surface area contributed by atoms with Gasteiger partial charge in [0, 0.05) is 56.1 Å². The molecule has 2 N–H and O–H groups in total. The Kier molecular flexibility index (Phi) is 10.2. The first kappa shape index (κ1) is 39.9. The number of hydrogen-bond acceptors (Lipinski definition) is 4. The second kappa shape index (κ2) is 15.5. The minimum Gasteiger partial charge on any atom is -0.354 e. The Morgan fingerprint density at radius 2 is 0.705 bits per heavy atom. The van der Waals surface area contributed by atoms with Crippen LogP contribution < -0.4 is 0 Å². The molecular formula is C55H50N4OS. The first-order valence-electron chi connectivity index (χ1n) is 20.9. The predicted molar refractivity (Wildman–Crippen MR) is 260 cm³/mol. The molecule has 7 aromatic rings. The van der Waals surface area contributed by atoms with Crippen LogP contribution in [-0.4, -0.2) is 25.1 Å². The van der Waals surface area contributed by atoms with Crippen LogP contribution in [0.4, 0.5) is 0 Å². The van der Waals surface area contributed by atoms with Crippen LogP contribution in [0.2, 0.25) is 0 Å². The minimum atomic E-state index is 0.0570. The van der Waals surface area contributed by atoms with E-state index in [2.05, 4.69) is 169 Å². The SMILES string of the molecule is CC(=O)Sc1ccc(-c2c3nc(c(-c4c(C)cc(C)cc4C)c4ccc([nH]4)c(-c4c(C)cc(C)cc4C)c4nc(c(-c5c(C)cc(C)cc5C)c5ccc2[nH]5)C=C4)C=C3)cc1. The zero-order valence-electron chi connectivity index (χ0n) is 36.6. The van der Waals surface area contributed by atoms with Gasteiger partial charge in [0.05, 0.1) is 22.8 Å². The molecule has 6 heteroatoms. The number of thioether (sulfide) groups is 1. The number of nitrogens with zero attached hydrogens (tertiary/aromatic N) is 2. The summed E-state index contributed by atoms with van der Waals surface area (Å²) in [4.78, 5) is 32.0. The number of aromatic amines is 2. The fourth-order valence-electron chi connectivity index (χ4n) is 9.88. The van der Waals surface area contributed by atoms with E-state index in [4.69, 9.17) is 9.97 Å². The van der Waals surface area contributed by atoms with Crippen molar-refractivity contribution < 1.29 is 4.79 Å². The summed E-state index contributed by atoms with van der Waals surface area (Å²) in [5, 5.41) is 0.0570. The van der Waals surface area contributed by atoms with Gasteiger partial charge in [-0.3, -0.25) is 4.79 Å². The summed E-state index contributed by atoms with van der Waals surface area (Å²) >= 11 is 1.24. The first-order valence-corrected chi connectivity index (χ1v) is 21.8. The number of carbonyl (C=O) groups excluding carboxylic acids is 1. The van der Waals surface area contributed by atoms with Crippen molar-refractivity contribution in [3.05, 3.63) is 158 Å². The Bertz CT molecular complexity index is 3100. The molecule has 9 rings (SSSR count). The summed E-state index contributed by atoms with van der Waals surface area (Å²) in [6, 6.07) is 30.6. The molecule has 4 aromatic carbocycles. The lowest BCUT2D eigenvalue weighted by molar-refractivity contribution is -0.109. The summed E-state index contributed by atoms with van der Waals surface area (Å²) < 4.78 is 0. The number of fused-ring (bicyclic) bond motifs is 8. The molecule has 8 bridgehead atoms. The number of nitrogens with one attached hydrogen (secondary N) is 2. The van der Waals surface area contributed by atoms with Crippen LogP contribution in [0.3, 0.4) is 0 Å². The highest BCUT2D eigenvalue weighted by Crippen LogP contribution is 2.42. The van der Waals surface area contributed by atoms with E-state index >= 15 is 0 Å². The molecule has 0 spiro atoms. The van der Waals surface area contributed by atoms with E-state index in [1.54, 1.807) is 6.92 Å². The van der Waals surface area contributed by atoms with Gasteiger partial charge in [-0.25, -0.2) is 9.97 Å². The highest BCUT2D eigenvalue weighted by molar-refractivity contribution is 8.13. The standard InChI is InChI=1S/C55H50N4OS/c1-29-23-32(4)49(33(5)24-29)53-43-17-15-41(56-43)52(39-11-13-40(14-12-39)61-38(10)60)42-16-18-44(57-42)54(50-34(6)25-30(2)26-35(50)7)46-20-22-48(59-46)55(47-21-19-45(53)58-47)51-36(8)27-31(3)28-37(51)9/h11-28,56,59H,1-10H3. The average Bonchev–Trinajstić information content (AvgIpc) is 4.02. The predicted octanol–water partition coefficient (Wildman–Crippen LogP) is 14.7. The van der Waals surface area contributed by atoms with Gasteiger partial charge in [-0.2, -0.15) is 0 Å². The Labute approximate surface area is 362 Å². The maximum Gasteiger partial charge on any atom is 0.190 e. The average molecular weight is 815 g/mol. The number of aryl methyl sites for hydroxylation is 9. The van der Waals surface area contributed by atoms with Crippen molar-refractivity contribution in [2.24, 2.45) is 0 Å². The van der Waals surface area contributed by atoms with Gasteiger partial charge in [0.15, 0.2) is 5.12 Å². The molecule has 0 fully saturated rings. The highest BCUT2D eigenvalue weighted by Gasteiger charge is 2.22. The lowest BCUT2D eigenvalue weighted by Crippen LogP contribution is -1.96. The van der Waals surface area contributed by atoms with Crippen LogP contribution in [0, 0.1) is 62.3 Å². The second-order valence-corrected chi connectivity index (χ2v) is 18.2. The zero-order chi connectivity index (χ0) is 42.9. The van der Waals surface area contributed by atoms with E-state index < -0.39 is 0 Å². The van der Waals surface area contributed by atoms with Gasteiger partial charge in [0.2, 0.25) is 0 Å². The van der Waals surface area contributed by atoms with Crippen molar-refractivity contribution in [3.8, 4) is 44.5 Å². The molecule has 0 radical (unpaired) electrons. The Hall–Kier alpha value is -6.50. The van der Waals surface area contributed by atoms with E-state index in [0.29, 0.717) is 0 Å². The fourth-order valence-corrected chi connectivity index (χ4v) is 10.5. The van der Waals surface area contributed by atoms with E-state index in [0.717, 1.165) is 77.6 Å². The molecule has 5 nitrogen and oxygen atoms in total. The third kappa shape index (κ3) is 7.29. The molecular weight excluding hydrogens is 765 g/mol. The van der Waals surface area contributed by atoms with Crippen molar-refractivity contribution >= 4 is 63.2 Å². The lowest BCUT2D eigenvalue weighted by Gasteiger charge is -2.14. The number of aromatic nitrogens is 4. The molecule has 0 aliphatic carbocycles. The van der Waals surface area contributed by atoms with Gasteiger partial charge in [-0.05, 0) is 179 Å². The van der Waals surface area contributed by atoms with Gasteiger partial charge in [0.25, 0.3) is 0 Å². The second-order valence-electron chi connectivity index (χ2n) is 16.9. The van der Waals surface area contributed by atoms with Gasteiger partial charge in [0.1, 0.15) is 0 Å². The monoisotopic (exact) mass is 814 g/mol. The molecule has 302 valence electrons. The molecule has 0 unspecified atom stereocenters. The van der Waals surface area contributed by atoms with E-state index in [9.17, 15) is 4.79 Å². The van der Waals surface area contributed by atoms with Gasteiger partial charge >= 0.3 is 0 Å². The largest absolute Gasteiger partial charge is 0.354 e. The van der Waals surface area contributed by atoms with Gasteiger partial charge < -0.3 is 9.97 Å². The summed E-state index contributed by atoms with van der Waals surface area (Å²) in [6.45, 7) is 21.3. The van der Waals surface area contributed by atoms with Crippen LogP contribution in [0.5, 0.6) is 0 Å². The van der Waals surface area contributed by atoms with E-state index in [1.807, 2.05) is 12.1 Å². The van der Waals surface area contributed by atoms with Crippen LogP contribution in [-0.2, 0) is 4.79 Å². The summed E-state index contributed by atoms with van der Waals surface area (Å²) in [6.07, 6.45) is 8.67. The summed E-state index contributed by atoms with van der Waals surface area (Å²) in [7, 11) is 0. The van der Waals surface area contributed by atoms with Gasteiger partial charge in [-0.15, -0.1) is 0 Å². The molecule has 0 amide bonds. The molecule has 5 heterocycles. The third-order valence-corrected chi connectivity index (χ3v) is 12.7. The molecule has 0 saturated heterocycles. The van der Waals surface area contributed by atoms with E-state index in [1.165, 1.54) is 78.5 Å². The number of carbonyl (C=O) groups is 1. The maximum atomic E-state index is 12.1. The van der Waals surface area contributed by atoms with Crippen LogP contribution in [0.1, 0.15) is 79.8 Å². The summed E-state index contributed by atoms with van der Waals surface area (Å²) in [5.41, 5.74) is 27.0. The quantitative estimate of drug-likeness (QED) is 0.170. The van der Waals surface area contributed by atoms with Crippen molar-refractivity contribution in [2.45, 2.75) is 74.1 Å². The number of rotatable bonds is 5. The maximum absolute atomic E-state index is 12.1. The van der Waals surface area contributed by atoms with Crippen LogP contribution >= 0.6 is 11.8 Å². The molecule has 3 aromatic heterocycles. The van der Waals surface area contributed by atoms with E-state index in [-0.39, 0.29) is 5.12 Å². The van der Waals surface area contributed by atoms with Crippen LogP contribution in [0.25, 0.3) is 90.9 Å². The minimum absolute atomic E-state index is 0.0570. The fraction of sp³-hybridized carbons (Fsp3) is 0.182. The number of hydrogen-bond donors (Lipinski definition) is 2. The highest BCUT2D eigenvalue weighted by atomic mass is 32.2. The zero-order valence-corrected chi connectivity index (χ0v) is 37.4. The smallest absolute Gasteiger partial charge is 0.190 e. The van der Waals surface area contributed by atoms with Crippen molar-refractivity contribution in [2.75, 3.05) is 0 Å². The molecule has 0 atom stereocenters. The Morgan fingerprint density at radius 3 is 1.02 bits per heavy atom. The van der Waals surface area contributed by atoms with Crippen LogP contribution in [0.15, 0.2) is 89.8 Å². The first-order chi connectivity index (χ1) is 29.2. The van der Waals surface area contributed by atoms with Crippen molar-refractivity contribution in [1.29, 1.82) is 0 Å². The van der Waals surface area contributed by atoms with Crippen molar-refractivity contribution in [1.82, 2.24) is 19.9 Å². The lowest BCUT2D eigenvalue weighted by atomic mass is 9.92. The number of H-pyrrole nitrogens is 2. The summed E-state index contributed by atoms with van der Waals surface area (Å²) in [5.74, 6) is 0. The normalized spacial score (nSPS) is 12.1. The third-order valence-electron chi connectivity index (χ3n) is 11.9. The van der Waals surface area contributed by atoms with Gasteiger partial charge in [-0.1, -0.05) is 77.0 Å². The Morgan fingerprint density at radius 1 is 0.410 bits per heavy atom. The molecule has 61 heavy (non-hydrogen) atoms. The number of benzene rings is 4. The molecule has 0 saturated carbocycles. The molecule has 2 aliphatic rings. The topological polar surface area (TPSA) is 74.4 Å².